The Bertz CT molecular complexity index is 381. The Hall–Kier alpha value is -0.980. The van der Waals surface area contributed by atoms with Crippen molar-refractivity contribution >= 4 is 12.4 Å². The normalized spacial score (nSPS) is 20.1. The molecular weight excluding hydrogens is 271 g/mol. The van der Waals surface area contributed by atoms with Crippen molar-refractivity contribution in [3.05, 3.63) is 29.8 Å². The van der Waals surface area contributed by atoms with Crippen LogP contribution < -0.4 is 10.1 Å². The van der Waals surface area contributed by atoms with Crippen LogP contribution in [0.15, 0.2) is 24.3 Å². The summed E-state index contributed by atoms with van der Waals surface area (Å²) in [6.45, 7) is 1.76. The Morgan fingerprint density at radius 2 is 2.11 bits per heavy atom. The summed E-state index contributed by atoms with van der Waals surface area (Å²) in [7, 11) is 0. The molecular formula is C11H13ClF3NO2. The van der Waals surface area contributed by atoms with Crippen LogP contribution in [0.1, 0.15) is 11.6 Å². The highest BCUT2D eigenvalue weighted by Crippen LogP contribution is 2.26. The Labute approximate surface area is 109 Å². The molecule has 1 aliphatic rings. The predicted molar refractivity (Wildman–Crippen MR) is 61.9 cm³/mol. The Morgan fingerprint density at radius 1 is 1.33 bits per heavy atom. The number of benzene rings is 1. The molecule has 1 atom stereocenters. The van der Waals surface area contributed by atoms with Gasteiger partial charge >= 0.3 is 6.36 Å². The van der Waals surface area contributed by atoms with Crippen LogP contribution in [0.3, 0.4) is 0 Å². The number of morpholine rings is 1. The van der Waals surface area contributed by atoms with Gasteiger partial charge in [-0.2, -0.15) is 0 Å². The molecule has 1 heterocycles. The van der Waals surface area contributed by atoms with E-state index in [4.69, 9.17) is 4.74 Å². The molecule has 18 heavy (non-hydrogen) atoms. The summed E-state index contributed by atoms with van der Waals surface area (Å²) in [6.07, 6.45) is -4.66. The minimum absolute atomic E-state index is 0. The average molecular weight is 284 g/mol. The zero-order valence-electron chi connectivity index (χ0n) is 9.37. The smallest absolute Gasteiger partial charge is 0.406 e. The first kappa shape index (κ1) is 15.1. The lowest BCUT2D eigenvalue weighted by Gasteiger charge is -2.24. The van der Waals surface area contributed by atoms with Gasteiger partial charge in [0.1, 0.15) is 5.75 Å². The van der Waals surface area contributed by atoms with Gasteiger partial charge < -0.3 is 14.8 Å². The Balaban J connectivity index is 0.00000162. The van der Waals surface area contributed by atoms with E-state index >= 15 is 0 Å². The van der Waals surface area contributed by atoms with E-state index in [9.17, 15) is 13.2 Å². The largest absolute Gasteiger partial charge is 0.573 e. The highest BCUT2D eigenvalue weighted by Gasteiger charge is 2.31. The van der Waals surface area contributed by atoms with Crippen molar-refractivity contribution in [2.75, 3.05) is 19.8 Å². The second-order valence-electron chi connectivity index (χ2n) is 3.70. The number of alkyl halides is 3. The molecule has 0 aromatic heterocycles. The fraction of sp³-hybridized carbons (Fsp3) is 0.455. The van der Waals surface area contributed by atoms with Crippen LogP contribution in [0.25, 0.3) is 0 Å². The van der Waals surface area contributed by atoms with Crippen LogP contribution in [-0.2, 0) is 4.74 Å². The molecule has 0 radical (unpaired) electrons. The van der Waals surface area contributed by atoms with E-state index in [0.717, 1.165) is 5.56 Å². The summed E-state index contributed by atoms with van der Waals surface area (Å²) in [5, 5.41) is 3.16. The minimum atomic E-state index is -4.66. The minimum Gasteiger partial charge on any atom is -0.406 e. The number of hydrogen-bond donors (Lipinski definition) is 1. The van der Waals surface area contributed by atoms with E-state index in [-0.39, 0.29) is 24.2 Å². The van der Waals surface area contributed by atoms with E-state index in [0.29, 0.717) is 19.8 Å². The van der Waals surface area contributed by atoms with E-state index in [1.807, 2.05) is 0 Å². The SMILES string of the molecule is Cl.FC(F)(F)Oc1cccc([C@@H]2COCCN2)c1. The molecule has 0 bridgehead atoms. The summed E-state index contributed by atoms with van der Waals surface area (Å²) in [5.41, 5.74) is 0.728. The van der Waals surface area contributed by atoms with E-state index in [2.05, 4.69) is 10.1 Å². The molecule has 0 amide bonds. The highest BCUT2D eigenvalue weighted by molar-refractivity contribution is 5.85. The fourth-order valence-electron chi connectivity index (χ4n) is 1.71. The van der Waals surface area contributed by atoms with Crippen LogP contribution in [-0.4, -0.2) is 26.1 Å². The lowest BCUT2D eigenvalue weighted by atomic mass is 10.1. The van der Waals surface area contributed by atoms with Crippen molar-refractivity contribution in [2.45, 2.75) is 12.4 Å². The van der Waals surface area contributed by atoms with Gasteiger partial charge in [-0.05, 0) is 17.7 Å². The van der Waals surface area contributed by atoms with Crippen molar-refractivity contribution in [3.63, 3.8) is 0 Å². The summed E-state index contributed by atoms with van der Waals surface area (Å²) in [4.78, 5) is 0. The van der Waals surface area contributed by atoms with Gasteiger partial charge in [0.15, 0.2) is 0 Å². The molecule has 0 aliphatic carbocycles. The van der Waals surface area contributed by atoms with Crippen LogP contribution in [0.2, 0.25) is 0 Å². The van der Waals surface area contributed by atoms with Crippen molar-refractivity contribution in [2.24, 2.45) is 0 Å². The first-order chi connectivity index (χ1) is 8.04. The maximum absolute atomic E-state index is 12.1. The van der Waals surface area contributed by atoms with Gasteiger partial charge in [-0.15, -0.1) is 25.6 Å². The van der Waals surface area contributed by atoms with Crippen LogP contribution in [0.5, 0.6) is 5.75 Å². The maximum Gasteiger partial charge on any atom is 0.573 e. The van der Waals surface area contributed by atoms with Crippen molar-refractivity contribution in [1.29, 1.82) is 0 Å². The second kappa shape index (κ2) is 6.26. The number of halogens is 4. The van der Waals surface area contributed by atoms with Gasteiger partial charge in [-0.3, -0.25) is 0 Å². The molecule has 0 unspecified atom stereocenters. The molecule has 7 heteroatoms. The first-order valence-corrected chi connectivity index (χ1v) is 5.21. The lowest BCUT2D eigenvalue weighted by molar-refractivity contribution is -0.274. The first-order valence-electron chi connectivity index (χ1n) is 5.21. The molecule has 0 spiro atoms. The topological polar surface area (TPSA) is 30.5 Å². The molecule has 1 aromatic carbocycles. The van der Waals surface area contributed by atoms with Crippen molar-refractivity contribution in [3.8, 4) is 5.75 Å². The Kier molecular flexibility index (Phi) is 5.25. The van der Waals surface area contributed by atoms with Gasteiger partial charge in [0, 0.05) is 6.54 Å². The van der Waals surface area contributed by atoms with Gasteiger partial charge in [0.25, 0.3) is 0 Å². The van der Waals surface area contributed by atoms with Gasteiger partial charge in [-0.25, -0.2) is 0 Å². The second-order valence-corrected chi connectivity index (χ2v) is 3.70. The van der Waals surface area contributed by atoms with E-state index in [1.165, 1.54) is 18.2 Å². The molecule has 1 fully saturated rings. The third-order valence-electron chi connectivity index (χ3n) is 2.42. The van der Waals surface area contributed by atoms with Crippen molar-refractivity contribution in [1.82, 2.24) is 5.32 Å². The third kappa shape index (κ3) is 4.36. The molecule has 1 N–H and O–H groups in total. The summed E-state index contributed by atoms with van der Waals surface area (Å²) in [5.74, 6) is -0.206. The summed E-state index contributed by atoms with van der Waals surface area (Å²) >= 11 is 0. The number of rotatable bonds is 2. The standard InChI is InChI=1S/C11H12F3NO2.ClH/c12-11(13,14)17-9-3-1-2-8(6-9)10-7-16-5-4-15-10;/h1-3,6,10,15H,4-5,7H2;1H/t10-;/m0./s1. The van der Waals surface area contributed by atoms with Gasteiger partial charge in [0.2, 0.25) is 0 Å². The zero-order valence-corrected chi connectivity index (χ0v) is 10.2. The fourth-order valence-corrected chi connectivity index (χ4v) is 1.71. The van der Waals surface area contributed by atoms with E-state index in [1.54, 1.807) is 6.07 Å². The lowest BCUT2D eigenvalue weighted by Crippen LogP contribution is -2.34. The molecule has 3 nitrogen and oxygen atoms in total. The third-order valence-corrected chi connectivity index (χ3v) is 2.42. The van der Waals surface area contributed by atoms with Crippen LogP contribution in [0, 0.1) is 0 Å². The highest BCUT2D eigenvalue weighted by atomic mass is 35.5. The number of hydrogen-bond acceptors (Lipinski definition) is 3. The molecule has 1 saturated heterocycles. The van der Waals surface area contributed by atoms with Crippen molar-refractivity contribution < 1.29 is 22.6 Å². The summed E-state index contributed by atoms with van der Waals surface area (Å²) < 4.78 is 45.3. The quantitative estimate of drug-likeness (QED) is 0.905. The predicted octanol–water partition coefficient (Wildman–Crippen LogP) is 2.67. The molecule has 0 saturated carbocycles. The van der Waals surface area contributed by atoms with Gasteiger partial charge in [0.05, 0.1) is 19.3 Å². The molecule has 1 aromatic rings. The monoisotopic (exact) mass is 283 g/mol. The Morgan fingerprint density at radius 3 is 2.72 bits per heavy atom. The van der Waals surface area contributed by atoms with Gasteiger partial charge in [-0.1, -0.05) is 12.1 Å². The maximum atomic E-state index is 12.1. The van der Waals surface area contributed by atoms with Crippen LogP contribution in [0.4, 0.5) is 13.2 Å². The molecule has 102 valence electrons. The average Bonchev–Trinajstić information content (AvgIpc) is 2.28. The molecule has 1 aliphatic heterocycles. The zero-order chi connectivity index (χ0) is 12.3. The van der Waals surface area contributed by atoms with Crippen LogP contribution >= 0.6 is 12.4 Å². The number of ether oxygens (including phenoxy) is 2. The number of nitrogens with one attached hydrogen (secondary N) is 1. The van der Waals surface area contributed by atoms with E-state index < -0.39 is 6.36 Å². The molecule has 2 rings (SSSR count). The summed E-state index contributed by atoms with van der Waals surface area (Å²) in [6, 6.07) is 5.85.